The molecule has 24 heavy (non-hydrogen) atoms. The molecule has 5 heteroatoms. The maximum atomic E-state index is 12.7. The molecule has 1 heterocycles. The summed E-state index contributed by atoms with van der Waals surface area (Å²) in [6.07, 6.45) is 6.73. The van der Waals surface area contributed by atoms with Crippen LogP contribution in [-0.2, 0) is 9.59 Å². The summed E-state index contributed by atoms with van der Waals surface area (Å²) in [5.74, 6) is 0.817. The second-order valence-corrected chi connectivity index (χ2v) is 6.96. The standard InChI is InChI=1S/C19H26N2O3/c20-19(23)17-12-16(24-15-9-5-2-6-10-15)13-21(17)18(22)11-14-7-3-1-4-8-14/h2,5-6,9-10,14,16-17H,1,3-4,7-8,11-13H2,(H2,20,23)/t16-,17-/m0/s1. The molecule has 130 valence electrons. The van der Waals surface area contributed by atoms with Gasteiger partial charge in [-0.2, -0.15) is 0 Å². The molecule has 0 unspecified atom stereocenters. The molecule has 0 radical (unpaired) electrons. The van der Waals surface area contributed by atoms with Crippen LogP contribution in [0.15, 0.2) is 30.3 Å². The van der Waals surface area contributed by atoms with Gasteiger partial charge in [0, 0.05) is 12.8 Å². The molecule has 2 amide bonds. The van der Waals surface area contributed by atoms with Gasteiger partial charge in [0.2, 0.25) is 11.8 Å². The van der Waals surface area contributed by atoms with Crippen molar-refractivity contribution in [2.24, 2.45) is 11.7 Å². The van der Waals surface area contributed by atoms with E-state index in [0.29, 0.717) is 25.3 Å². The van der Waals surface area contributed by atoms with Gasteiger partial charge in [0.1, 0.15) is 17.9 Å². The molecule has 1 aliphatic heterocycles. The molecule has 2 fully saturated rings. The Kier molecular flexibility index (Phi) is 5.38. The number of carbonyl (C=O) groups is 2. The fourth-order valence-corrected chi connectivity index (χ4v) is 3.88. The van der Waals surface area contributed by atoms with E-state index in [2.05, 4.69) is 0 Å². The van der Waals surface area contributed by atoms with Gasteiger partial charge in [-0.3, -0.25) is 9.59 Å². The van der Waals surface area contributed by atoms with Gasteiger partial charge in [-0.05, 0) is 30.9 Å². The van der Waals surface area contributed by atoms with Gasteiger partial charge >= 0.3 is 0 Å². The lowest BCUT2D eigenvalue weighted by Gasteiger charge is -2.26. The van der Waals surface area contributed by atoms with Crippen LogP contribution in [0.3, 0.4) is 0 Å². The van der Waals surface area contributed by atoms with E-state index < -0.39 is 11.9 Å². The topological polar surface area (TPSA) is 72.6 Å². The van der Waals surface area contributed by atoms with E-state index in [4.69, 9.17) is 10.5 Å². The van der Waals surface area contributed by atoms with Crippen LogP contribution in [0.4, 0.5) is 0 Å². The number of amides is 2. The van der Waals surface area contributed by atoms with Crippen molar-refractivity contribution in [2.75, 3.05) is 6.54 Å². The summed E-state index contributed by atoms with van der Waals surface area (Å²) in [5, 5.41) is 0. The molecule has 1 aromatic carbocycles. The van der Waals surface area contributed by atoms with Crippen LogP contribution in [0, 0.1) is 5.92 Å². The number of hydrogen-bond donors (Lipinski definition) is 1. The Morgan fingerprint density at radius 3 is 2.50 bits per heavy atom. The molecule has 2 aliphatic rings. The molecule has 1 aliphatic carbocycles. The Hall–Kier alpha value is -2.04. The largest absolute Gasteiger partial charge is 0.488 e. The number of ether oxygens (including phenoxy) is 1. The maximum absolute atomic E-state index is 12.7. The van der Waals surface area contributed by atoms with Crippen molar-refractivity contribution in [1.82, 2.24) is 4.90 Å². The molecule has 1 saturated heterocycles. The second-order valence-electron chi connectivity index (χ2n) is 6.96. The third kappa shape index (κ3) is 4.08. The number of nitrogens with zero attached hydrogens (tertiary/aromatic N) is 1. The highest BCUT2D eigenvalue weighted by atomic mass is 16.5. The van der Waals surface area contributed by atoms with Gasteiger partial charge in [-0.25, -0.2) is 0 Å². The van der Waals surface area contributed by atoms with Crippen molar-refractivity contribution in [3.8, 4) is 5.75 Å². The summed E-state index contributed by atoms with van der Waals surface area (Å²) < 4.78 is 5.92. The van der Waals surface area contributed by atoms with E-state index in [1.165, 1.54) is 19.3 Å². The molecule has 0 aromatic heterocycles. The Balaban J connectivity index is 1.62. The minimum Gasteiger partial charge on any atom is -0.488 e. The summed E-state index contributed by atoms with van der Waals surface area (Å²) in [4.78, 5) is 26.1. The number of benzene rings is 1. The Morgan fingerprint density at radius 1 is 1.12 bits per heavy atom. The maximum Gasteiger partial charge on any atom is 0.240 e. The average molecular weight is 330 g/mol. The first-order valence-corrected chi connectivity index (χ1v) is 8.94. The highest BCUT2D eigenvalue weighted by Crippen LogP contribution is 2.29. The molecule has 5 nitrogen and oxygen atoms in total. The lowest BCUT2D eigenvalue weighted by molar-refractivity contribution is -0.138. The molecular formula is C19H26N2O3. The van der Waals surface area contributed by atoms with Crippen LogP contribution in [0.25, 0.3) is 0 Å². The second kappa shape index (κ2) is 7.69. The monoisotopic (exact) mass is 330 g/mol. The first kappa shape index (κ1) is 16.8. The summed E-state index contributed by atoms with van der Waals surface area (Å²) in [5.41, 5.74) is 5.53. The third-order valence-corrected chi connectivity index (χ3v) is 5.15. The molecule has 1 saturated carbocycles. The van der Waals surface area contributed by atoms with Crippen LogP contribution in [-0.4, -0.2) is 35.4 Å². The fraction of sp³-hybridized carbons (Fsp3) is 0.579. The SMILES string of the molecule is NC(=O)[C@@H]1C[C@H](Oc2ccccc2)CN1C(=O)CC1CCCCC1. The third-order valence-electron chi connectivity index (χ3n) is 5.15. The summed E-state index contributed by atoms with van der Waals surface area (Å²) in [6, 6.07) is 8.95. The van der Waals surface area contributed by atoms with Crippen LogP contribution in [0.1, 0.15) is 44.9 Å². The molecule has 2 N–H and O–H groups in total. The summed E-state index contributed by atoms with van der Waals surface area (Å²) in [6.45, 7) is 0.439. The predicted molar refractivity (Wildman–Crippen MR) is 91.4 cm³/mol. The van der Waals surface area contributed by atoms with Gasteiger partial charge in [0.05, 0.1) is 6.54 Å². The number of nitrogens with two attached hydrogens (primary N) is 1. The quantitative estimate of drug-likeness (QED) is 0.901. The van der Waals surface area contributed by atoms with E-state index >= 15 is 0 Å². The molecule has 0 bridgehead atoms. The zero-order valence-corrected chi connectivity index (χ0v) is 14.0. The molecule has 1 aromatic rings. The van der Waals surface area contributed by atoms with E-state index in [9.17, 15) is 9.59 Å². The number of rotatable bonds is 5. The van der Waals surface area contributed by atoms with Gasteiger partial charge < -0.3 is 15.4 Å². The summed E-state index contributed by atoms with van der Waals surface area (Å²) in [7, 11) is 0. The van der Waals surface area contributed by atoms with E-state index in [-0.39, 0.29) is 12.0 Å². The van der Waals surface area contributed by atoms with Gasteiger partial charge in [0.15, 0.2) is 0 Å². The van der Waals surface area contributed by atoms with Gasteiger partial charge in [-0.15, -0.1) is 0 Å². The Labute approximate surface area is 143 Å². The normalized spacial score (nSPS) is 24.8. The first-order valence-electron chi connectivity index (χ1n) is 8.94. The van der Waals surface area contributed by atoms with Crippen LogP contribution < -0.4 is 10.5 Å². The van der Waals surface area contributed by atoms with Crippen LogP contribution in [0.5, 0.6) is 5.75 Å². The molecule has 3 rings (SSSR count). The minimum absolute atomic E-state index is 0.0462. The zero-order chi connectivity index (χ0) is 16.9. The zero-order valence-electron chi connectivity index (χ0n) is 14.0. The number of para-hydroxylation sites is 1. The van der Waals surface area contributed by atoms with Crippen LogP contribution >= 0.6 is 0 Å². The molecular weight excluding hydrogens is 304 g/mol. The van der Waals surface area contributed by atoms with Gasteiger partial charge in [0.25, 0.3) is 0 Å². The summed E-state index contributed by atoms with van der Waals surface area (Å²) >= 11 is 0. The average Bonchev–Trinajstić information content (AvgIpc) is 3.01. The van der Waals surface area contributed by atoms with Crippen molar-refractivity contribution in [3.05, 3.63) is 30.3 Å². The number of carbonyl (C=O) groups excluding carboxylic acids is 2. The smallest absolute Gasteiger partial charge is 0.240 e. The van der Waals surface area contributed by atoms with Gasteiger partial charge in [-0.1, -0.05) is 37.5 Å². The van der Waals surface area contributed by atoms with Crippen LogP contribution in [0.2, 0.25) is 0 Å². The van der Waals surface area contributed by atoms with Crippen molar-refractivity contribution in [1.29, 1.82) is 0 Å². The minimum atomic E-state index is -0.546. The van der Waals surface area contributed by atoms with E-state index in [1.54, 1.807) is 4.90 Å². The van der Waals surface area contributed by atoms with E-state index in [1.807, 2.05) is 30.3 Å². The number of primary amides is 1. The number of likely N-dealkylation sites (tertiary alicyclic amines) is 1. The van der Waals surface area contributed by atoms with Crippen molar-refractivity contribution >= 4 is 11.8 Å². The Bertz CT molecular complexity index is 569. The molecule has 2 atom stereocenters. The van der Waals surface area contributed by atoms with E-state index in [0.717, 1.165) is 18.6 Å². The first-order chi connectivity index (χ1) is 11.6. The number of hydrogen-bond acceptors (Lipinski definition) is 3. The van der Waals surface area contributed by atoms with Crippen molar-refractivity contribution < 1.29 is 14.3 Å². The van der Waals surface area contributed by atoms with Crippen molar-refractivity contribution in [3.63, 3.8) is 0 Å². The fourth-order valence-electron chi connectivity index (χ4n) is 3.88. The van der Waals surface area contributed by atoms with Crippen molar-refractivity contribution in [2.45, 2.75) is 57.1 Å². The lowest BCUT2D eigenvalue weighted by Crippen LogP contribution is -2.44. The highest BCUT2D eigenvalue weighted by Gasteiger charge is 2.40. The Morgan fingerprint density at radius 2 is 1.83 bits per heavy atom. The highest BCUT2D eigenvalue weighted by molar-refractivity contribution is 5.87. The molecule has 0 spiro atoms. The predicted octanol–water partition coefficient (Wildman–Crippen LogP) is 2.49. The lowest BCUT2D eigenvalue weighted by atomic mass is 9.86.